The molecule has 0 unspecified atom stereocenters. The standard InChI is InChI=1S/C7H6N2O2S/c8-6(11)1-2-7-9-5(3-10)4-12-7/h1-4H,(H2,8,11). The number of aromatic nitrogens is 1. The third-order valence-electron chi connectivity index (χ3n) is 1.05. The number of nitrogens with zero attached hydrogens (tertiary/aromatic N) is 1. The van der Waals surface area contributed by atoms with E-state index in [1.807, 2.05) is 0 Å². The van der Waals surface area contributed by atoms with Crippen LogP contribution in [0.2, 0.25) is 0 Å². The molecule has 0 aromatic carbocycles. The second-order valence-corrected chi connectivity index (χ2v) is 2.85. The van der Waals surface area contributed by atoms with Crippen LogP contribution in [0.1, 0.15) is 15.5 Å². The first-order chi connectivity index (χ1) is 5.72. The molecule has 62 valence electrons. The van der Waals surface area contributed by atoms with Crippen molar-refractivity contribution in [1.82, 2.24) is 4.98 Å². The molecule has 0 aliphatic carbocycles. The van der Waals surface area contributed by atoms with E-state index in [0.717, 1.165) is 0 Å². The van der Waals surface area contributed by atoms with Gasteiger partial charge in [0.15, 0.2) is 6.29 Å². The van der Waals surface area contributed by atoms with Gasteiger partial charge in [-0.05, 0) is 6.08 Å². The average molecular weight is 182 g/mol. The van der Waals surface area contributed by atoms with E-state index in [1.165, 1.54) is 23.5 Å². The highest BCUT2D eigenvalue weighted by Crippen LogP contribution is 2.09. The molecule has 0 saturated carbocycles. The first kappa shape index (κ1) is 8.61. The Morgan fingerprint density at radius 2 is 2.42 bits per heavy atom. The average Bonchev–Trinajstić information content (AvgIpc) is 2.48. The molecule has 5 heteroatoms. The van der Waals surface area contributed by atoms with Crippen molar-refractivity contribution in [2.75, 3.05) is 0 Å². The van der Waals surface area contributed by atoms with Gasteiger partial charge in [0, 0.05) is 11.5 Å². The molecule has 4 nitrogen and oxygen atoms in total. The molecule has 1 aromatic heterocycles. The molecular weight excluding hydrogens is 176 g/mol. The quantitative estimate of drug-likeness (QED) is 0.545. The molecular formula is C7H6N2O2S. The molecule has 2 N–H and O–H groups in total. The Labute approximate surface area is 72.7 Å². The van der Waals surface area contributed by atoms with E-state index >= 15 is 0 Å². The normalized spacial score (nSPS) is 10.3. The summed E-state index contributed by atoms with van der Waals surface area (Å²) < 4.78 is 0. The van der Waals surface area contributed by atoms with Crippen molar-refractivity contribution in [3.05, 3.63) is 22.2 Å². The zero-order valence-electron chi connectivity index (χ0n) is 6.06. The van der Waals surface area contributed by atoms with Gasteiger partial charge >= 0.3 is 0 Å². The molecule has 0 fully saturated rings. The van der Waals surface area contributed by atoms with Crippen molar-refractivity contribution in [2.24, 2.45) is 5.73 Å². The Morgan fingerprint density at radius 3 is 2.92 bits per heavy atom. The summed E-state index contributed by atoms with van der Waals surface area (Å²) in [5.41, 5.74) is 5.23. The van der Waals surface area contributed by atoms with Crippen LogP contribution < -0.4 is 5.73 Å². The highest BCUT2D eigenvalue weighted by Gasteiger charge is 1.96. The van der Waals surface area contributed by atoms with E-state index < -0.39 is 5.91 Å². The second-order valence-electron chi connectivity index (χ2n) is 1.96. The van der Waals surface area contributed by atoms with E-state index in [2.05, 4.69) is 4.98 Å². The van der Waals surface area contributed by atoms with Crippen LogP contribution in [-0.2, 0) is 4.79 Å². The minimum absolute atomic E-state index is 0.365. The molecule has 1 amide bonds. The van der Waals surface area contributed by atoms with Gasteiger partial charge in [-0.25, -0.2) is 4.98 Å². The molecule has 0 saturated heterocycles. The van der Waals surface area contributed by atoms with Gasteiger partial charge in [0.05, 0.1) is 0 Å². The third-order valence-corrected chi connectivity index (χ3v) is 1.88. The molecule has 1 rings (SSSR count). The Morgan fingerprint density at radius 1 is 1.67 bits per heavy atom. The zero-order valence-corrected chi connectivity index (χ0v) is 6.88. The fourth-order valence-electron chi connectivity index (χ4n) is 0.585. The largest absolute Gasteiger partial charge is 0.366 e. The minimum atomic E-state index is -0.530. The maximum Gasteiger partial charge on any atom is 0.241 e. The van der Waals surface area contributed by atoms with Gasteiger partial charge in [0.25, 0.3) is 0 Å². The molecule has 0 aliphatic heterocycles. The molecule has 1 aromatic rings. The van der Waals surface area contributed by atoms with Crippen molar-refractivity contribution in [2.45, 2.75) is 0 Å². The number of primary amides is 1. The van der Waals surface area contributed by atoms with Crippen LogP contribution in [0.5, 0.6) is 0 Å². The Bertz CT molecular complexity index is 330. The summed E-state index contributed by atoms with van der Waals surface area (Å²) in [6.45, 7) is 0. The molecule has 1 heterocycles. The zero-order chi connectivity index (χ0) is 8.97. The number of nitrogens with two attached hydrogens (primary N) is 1. The number of thiazole rings is 1. The summed E-state index contributed by atoms with van der Waals surface area (Å²) in [5.74, 6) is -0.530. The van der Waals surface area contributed by atoms with Crippen LogP contribution in [0.15, 0.2) is 11.5 Å². The van der Waals surface area contributed by atoms with Crippen LogP contribution in [-0.4, -0.2) is 17.2 Å². The first-order valence-corrected chi connectivity index (χ1v) is 3.98. The van der Waals surface area contributed by atoms with Gasteiger partial charge in [-0.3, -0.25) is 9.59 Å². The SMILES string of the molecule is NC(=O)C=Cc1nc(C=O)cs1. The lowest BCUT2D eigenvalue weighted by Crippen LogP contribution is -2.04. The maximum absolute atomic E-state index is 10.3. The fraction of sp³-hybridized carbons (Fsp3) is 0. The van der Waals surface area contributed by atoms with E-state index in [4.69, 9.17) is 5.73 Å². The third kappa shape index (κ3) is 2.28. The van der Waals surface area contributed by atoms with Crippen molar-refractivity contribution in [3.63, 3.8) is 0 Å². The van der Waals surface area contributed by atoms with Crippen molar-refractivity contribution < 1.29 is 9.59 Å². The topological polar surface area (TPSA) is 73.1 Å². The predicted octanol–water partition coefficient (Wildman–Crippen LogP) is 0.454. The van der Waals surface area contributed by atoms with E-state index in [9.17, 15) is 9.59 Å². The number of aldehydes is 1. The number of hydrogen-bond donors (Lipinski definition) is 1. The Kier molecular flexibility index (Phi) is 2.71. The van der Waals surface area contributed by atoms with Gasteiger partial charge < -0.3 is 5.73 Å². The van der Waals surface area contributed by atoms with E-state index in [0.29, 0.717) is 17.0 Å². The molecule has 0 aliphatic rings. The van der Waals surface area contributed by atoms with Gasteiger partial charge in [-0.1, -0.05) is 0 Å². The van der Waals surface area contributed by atoms with Crippen LogP contribution in [0.3, 0.4) is 0 Å². The first-order valence-electron chi connectivity index (χ1n) is 3.10. The molecule has 0 spiro atoms. The summed E-state index contributed by atoms with van der Waals surface area (Å²) in [6.07, 6.45) is 3.32. The van der Waals surface area contributed by atoms with Gasteiger partial charge in [-0.15, -0.1) is 11.3 Å². The van der Waals surface area contributed by atoms with Crippen molar-refractivity contribution in [3.8, 4) is 0 Å². The van der Waals surface area contributed by atoms with Crippen LogP contribution in [0.4, 0.5) is 0 Å². The van der Waals surface area contributed by atoms with Crippen molar-refractivity contribution >= 4 is 29.6 Å². The lowest BCUT2D eigenvalue weighted by atomic mass is 10.5. The molecule has 0 bridgehead atoms. The number of amides is 1. The molecule has 12 heavy (non-hydrogen) atoms. The summed E-state index contributed by atoms with van der Waals surface area (Å²) in [7, 11) is 0. The summed E-state index contributed by atoms with van der Waals surface area (Å²) >= 11 is 1.28. The predicted molar refractivity (Wildman–Crippen MR) is 45.7 cm³/mol. The van der Waals surface area contributed by atoms with E-state index in [-0.39, 0.29) is 0 Å². The number of carbonyl (C=O) groups is 2. The minimum Gasteiger partial charge on any atom is -0.366 e. The number of hydrogen-bond acceptors (Lipinski definition) is 4. The lowest BCUT2D eigenvalue weighted by Gasteiger charge is -1.79. The summed E-state index contributed by atoms with van der Waals surface area (Å²) in [4.78, 5) is 24.3. The van der Waals surface area contributed by atoms with Crippen LogP contribution >= 0.6 is 11.3 Å². The van der Waals surface area contributed by atoms with E-state index in [1.54, 1.807) is 5.38 Å². The number of carbonyl (C=O) groups excluding carboxylic acids is 2. The van der Waals surface area contributed by atoms with Crippen LogP contribution in [0.25, 0.3) is 6.08 Å². The maximum atomic E-state index is 10.3. The van der Waals surface area contributed by atoms with Gasteiger partial charge in [0.2, 0.25) is 5.91 Å². The summed E-state index contributed by atoms with van der Waals surface area (Å²) in [6, 6.07) is 0. The Hall–Kier alpha value is -1.49. The smallest absolute Gasteiger partial charge is 0.241 e. The Balaban J connectivity index is 2.76. The van der Waals surface area contributed by atoms with Crippen molar-refractivity contribution in [1.29, 1.82) is 0 Å². The van der Waals surface area contributed by atoms with Gasteiger partial charge in [0.1, 0.15) is 10.7 Å². The molecule has 0 atom stereocenters. The summed E-state index contributed by atoms with van der Waals surface area (Å²) in [5, 5.41) is 2.20. The highest BCUT2D eigenvalue weighted by atomic mass is 32.1. The monoisotopic (exact) mass is 182 g/mol. The van der Waals surface area contributed by atoms with Gasteiger partial charge in [-0.2, -0.15) is 0 Å². The highest BCUT2D eigenvalue weighted by molar-refractivity contribution is 7.10. The number of rotatable bonds is 3. The second kappa shape index (κ2) is 3.77. The lowest BCUT2D eigenvalue weighted by molar-refractivity contribution is -0.113. The van der Waals surface area contributed by atoms with Crippen LogP contribution in [0, 0.1) is 0 Å². The fourth-order valence-corrected chi connectivity index (χ4v) is 1.24. The molecule has 0 radical (unpaired) electrons.